The Labute approximate surface area is 512 Å². The molecule has 6 aromatic heterocycles. The molecule has 6 aromatic rings. The molecule has 41 heteroatoms. The van der Waals surface area contributed by atoms with Gasteiger partial charge in [0.25, 0.3) is 23.6 Å². The van der Waals surface area contributed by atoms with E-state index < -0.39 is 107 Å². The molecule has 2 saturated heterocycles. The number of nitrogens with zero attached hydrogens (tertiary/aromatic N) is 12. The first kappa shape index (κ1) is 61.4. The zero-order valence-electron chi connectivity index (χ0n) is 43.7. The Morgan fingerprint density at radius 2 is 1.06 bits per heavy atom. The molecule has 0 bridgehead atoms. The summed E-state index contributed by atoms with van der Waals surface area (Å²) >= 11 is 8.06. The molecule has 0 aliphatic carbocycles. The number of carboxylic acids is 2. The van der Waals surface area contributed by atoms with Crippen LogP contribution in [0, 0.1) is 0 Å². The molecule has 0 spiro atoms. The highest BCUT2D eigenvalue weighted by Gasteiger charge is 2.56. The van der Waals surface area contributed by atoms with Crippen LogP contribution >= 0.6 is 108 Å². The molecule has 2 unspecified atom stereocenters. The SMILES string of the molecule is CCO/N=C(\C(=O)N[C@@H]1C(=O)N2C(C(=O)O)=C(Sc3nc(-c4cc[n+](C)cc4)cs3)CS[C@H]12)c1nsc(NP(=O)(O)OP(=O)(O)Nc2nc(/C(=N/OCC)C(=O)N[C@@H]3C(=O)N4C(C(=O)O)=C(Sc5nc(-c6cc[n+](C)cc6)cs5)CS[C@H]34)ns2)n1. The molecule has 8 N–H and O–H groups in total. The van der Waals surface area contributed by atoms with Crippen LogP contribution in [0.5, 0.6) is 0 Å². The Hall–Kier alpha value is -6.74. The monoisotopic (exact) mass is 1350 g/mol. The lowest BCUT2D eigenvalue weighted by Crippen LogP contribution is -2.71. The topological polar surface area (TPSA) is 410 Å². The largest absolute Gasteiger partial charge is 0.477 e. The normalized spacial score (nSPS) is 20.1. The maximum Gasteiger partial charge on any atom is 0.440 e. The first-order valence-electron chi connectivity index (χ1n) is 24.2. The minimum atomic E-state index is -5.39. The van der Waals surface area contributed by atoms with Crippen molar-refractivity contribution in [3.8, 4) is 22.5 Å². The summed E-state index contributed by atoms with van der Waals surface area (Å²) in [6, 6.07) is 5.09. The third kappa shape index (κ3) is 13.6. The number of hydrogen-bond donors (Lipinski definition) is 8. The summed E-state index contributed by atoms with van der Waals surface area (Å²) in [7, 11) is -7.01. The van der Waals surface area contributed by atoms with Gasteiger partial charge in [0, 0.05) is 90.5 Å². The molecule has 0 aromatic carbocycles. The predicted octanol–water partition coefficient (Wildman–Crippen LogP) is 3.49. The number of carboxylic acid groups (broad SMARTS) is 2. The molecule has 444 valence electrons. The predicted molar refractivity (Wildman–Crippen MR) is 313 cm³/mol. The van der Waals surface area contributed by atoms with Crippen molar-refractivity contribution >= 4 is 166 Å². The van der Waals surface area contributed by atoms with Crippen molar-refractivity contribution in [2.24, 2.45) is 24.4 Å². The van der Waals surface area contributed by atoms with E-state index in [-0.39, 0.29) is 36.1 Å². The van der Waals surface area contributed by atoms with E-state index in [2.05, 4.69) is 53.9 Å². The Morgan fingerprint density at radius 1 is 0.671 bits per heavy atom. The molecule has 31 nitrogen and oxygen atoms in total. The maximum absolute atomic E-state index is 13.7. The summed E-state index contributed by atoms with van der Waals surface area (Å²) in [5, 5.41) is 37.9. The van der Waals surface area contributed by atoms with Crippen molar-refractivity contribution in [3.63, 3.8) is 0 Å². The van der Waals surface area contributed by atoms with Crippen LogP contribution in [0.2, 0.25) is 0 Å². The van der Waals surface area contributed by atoms with Crippen LogP contribution in [0.25, 0.3) is 22.5 Å². The smallest absolute Gasteiger partial charge is 0.440 e. The first-order valence-corrected chi connectivity index (χ1v) is 34.4. The number of fused-ring (bicyclic) bond motifs is 2. The number of β-lactam (4-membered cyclic amide) rings is 2. The van der Waals surface area contributed by atoms with Crippen LogP contribution < -0.4 is 29.9 Å². The Bertz CT molecular complexity index is 3650. The average Bonchev–Trinajstić information content (AvgIpc) is 1.34. The molecule has 85 heavy (non-hydrogen) atoms. The van der Waals surface area contributed by atoms with Crippen molar-refractivity contribution in [3.05, 3.63) is 92.7 Å². The molecule has 4 amide bonds. The number of nitrogens with one attached hydrogen (secondary N) is 4. The van der Waals surface area contributed by atoms with Crippen LogP contribution in [-0.2, 0) is 66.0 Å². The van der Waals surface area contributed by atoms with E-state index in [1.165, 1.54) is 46.2 Å². The summed E-state index contributed by atoms with van der Waals surface area (Å²) in [5.74, 6) is -6.94. The van der Waals surface area contributed by atoms with Crippen LogP contribution in [0.3, 0.4) is 0 Å². The van der Waals surface area contributed by atoms with Crippen molar-refractivity contribution < 1.29 is 81.0 Å². The fourth-order valence-electron chi connectivity index (χ4n) is 7.97. The molecular weight excluding hydrogens is 1310 g/mol. The summed E-state index contributed by atoms with van der Waals surface area (Å²) in [5.41, 5.74) is 1.39. The van der Waals surface area contributed by atoms with E-state index in [9.17, 15) is 57.9 Å². The van der Waals surface area contributed by atoms with Crippen molar-refractivity contribution in [1.29, 1.82) is 0 Å². The lowest BCUT2D eigenvalue weighted by Gasteiger charge is -2.49. The molecule has 4 aliphatic rings. The summed E-state index contributed by atoms with van der Waals surface area (Å²) in [6.45, 7) is 2.99. The van der Waals surface area contributed by atoms with Gasteiger partial charge in [0.15, 0.2) is 33.5 Å². The molecule has 2 fully saturated rings. The van der Waals surface area contributed by atoms with Gasteiger partial charge in [-0.1, -0.05) is 33.8 Å². The zero-order chi connectivity index (χ0) is 60.5. The molecule has 4 aliphatic heterocycles. The molecular formula is C44H42N16O15P2S8+2. The highest BCUT2D eigenvalue weighted by molar-refractivity contribution is 8.07. The Morgan fingerprint density at radius 3 is 1.42 bits per heavy atom. The molecule has 0 saturated carbocycles. The summed E-state index contributed by atoms with van der Waals surface area (Å²) in [6.07, 6.45) is 7.48. The fraction of sp³-hybridized carbons (Fsp3) is 0.273. The number of pyridine rings is 2. The van der Waals surface area contributed by atoms with Crippen LogP contribution in [-0.4, -0.2) is 153 Å². The number of thiazole rings is 2. The minimum absolute atomic E-state index is 0.0532. The Balaban J connectivity index is 0.744. The van der Waals surface area contributed by atoms with Gasteiger partial charge in [-0.15, -0.1) is 46.2 Å². The van der Waals surface area contributed by atoms with Crippen molar-refractivity contribution in [2.45, 2.75) is 45.4 Å². The quantitative estimate of drug-likeness (QED) is 0.0141. The third-order valence-corrected chi connectivity index (χ3v) is 23.0. The van der Waals surface area contributed by atoms with Crippen LogP contribution in [0.4, 0.5) is 10.3 Å². The second-order valence-electron chi connectivity index (χ2n) is 17.5. The number of hydrogen-bond acceptors (Lipinski definition) is 27. The average molecular weight is 1350 g/mol. The number of carbonyl (C=O) groups is 6. The number of aliphatic carboxylic acids is 2. The standard InChI is InChI=1S/C44H40N16O15P2S8/c1-5-73-51-25(33(61)47-27-35(63)59-29(39(65)66)23(17-78-37(27)59)82-43-45-21(15-80-43)19-7-11-57(3)12-8-19)31-49-41(84-55-31)53-76(69,70)75-77(71,72)54-42-50-32(56-85-42)26(52-74-6-2)34(62)48-28-36(64)60-30(40(67)68)24(18-79-38(28)60)83-44-46-22(16-81-44)20-9-13-58(4)14-10-20/h7-16,27-28,37-38H,5-6,17-18H2,1-4H3,(H6-2,47,48,49,50,53,54,55,56,61,62,65,66,67,68,69,70,71,72)/p+2/b51-25-,52-26-/t27-,28-,37-,38-/m1/s1. The summed E-state index contributed by atoms with van der Waals surface area (Å²) in [4.78, 5) is 132. The second-order valence-corrected chi connectivity index (χ2v) is 28.8. The molecule has 10 heterocycles. The molecule has 10 rings (SSSR count). The minimum Gasteiger partial charge on any atom is -0.477 e. The Kier molecular flexibility index (Phi) is 18.5. The number of rotatable bonds is 24. The van der Waals surface area contributed by atoms with E-state index in [1.54, 1.807) is 13.8 Å². The van der Waals surface area contributed by atoms with Gasteiger partial charge in [-0.25, -0.2) is 37.8 Å². The second kappa shape index (κ2) is 25.7. The van der Waals surface area contributed by atoms with E-state index in [1.807, 2.05) is 93.2 Å². The van der Waals surface area contributed by atoms with Gasteiger partial charge in [0.05, 0.1) is 11.4 Å². The van der Waals surface area contributed by atoms with E-state index in [0.29, 0.717) is 52.9 Å². The van der Waals surface area contributed by atoms with Crippen LogP contribution in [0.1, 0.15) is 25.5 Å². The van der Waals surface area contributed by atoms with Gasteiger partial charge >= 0.3 is 27.4 Å². The number of amides is 4. The van der Waals surface area contributed by atoms with E-state index in [4.69, 9.17) is 9.68 Å². The van der Waals surface area contributed by atoms with Gasteiger partial charge < -0.3 is 40.3 Å². The van der Waals surface area contributed by atoms with E-state index >= 15 is 0 Å². The number of carbonyl (C=O) groups excluding carboxylic acids is 4. The van der Waals surface area contributed by atoms with E-state index in [0.717, 1.165) is 44.5 Å². The highest BCUT2D eigenvalue weighted by Crippen LogP contribution is 2.59. The highest BCUT2D eigenvalue weighted by atomic mass is 32.2. The number of aryl methyl sites for hydroxylation is 2. The van der Waals surface area contributed by atoms with Gasteiger partial charge in [0.1, 0.15) is 61.5 Å². The van der Waals surface area contributed by atoms with Crippen molar-refractivity contribution in [2.75, 3.05) is 34.9 Å². The lowest BCUT2D eigenvalue weighted by molar-refractivity contribution is -0.671. The fourth-order valence-corrected chi connectivity index (χ4v) is 18.9. The molecule has 0 radical (unpaired) electrons. The first-order chi connectivity index (χ1) is 40.6. The van der Waals surface area contributed by atoms with Gasteiger partial charge in [-0.2, -0.15) is 23.0 Å². The number of oxime groups is 2. The number of anilines is 2. The number of thioether (sulfide) groups is 4. The third-order valence-electron chi connectivity index (χ3n) is 11.8. The summed E-state index contributed by atoms with van der Waals surface area (Å²) < 4.78 is 44.1. The molecule has 6 atom stereocenters. The zero-order valence-corrected chi connectivity index (χ0v) is 52.0. The number of aromatic nitrogens is 8. The van der Waals surface area contributed by atoms with Crippen LogP contribution in [0.15, 0.2) is 100 Å². The van der Waals surface area contributed by atoms with Gasteiger partial charge in [-0.05, 0) is 13.8 Å². The maximum atomic E-state index is 13.7. The van der Waals surface area contributed by atoms with Crippen molar-refractivity contribution in [1.82, 2.24) is 49.1 Å². The van der Waals surface area contributed by atoms with Gasteiger partial charge in [-0.3, -0.25) is 39.2 Å². The van der Waals surface area contributed by atoms with Gasteiger partial charge in [0.2, 0.25) is 33.3 Å². The lowest BCUT2D eigenvalue weighted by atomic mass is 10.0.